The van der Waals surface area contributed by atoms with Gasteiger partial charge >= 0.3 is 0 Å². The first kappa shape index (κ1) is 15.0. The summed E-state index contributed by atoms with van der Waals surface area (Å²) in [5.41, 5.74) is 0. The van der Waals surface area contributed by atoms with E-state index in [1.165, 1.54) is 32.1 Å². The lowest BCUT2D eigenvalue weighted by molar-refractivity contribution is 0.154. The average molecular weight is 214 g/mol. The molecule has 0 amide bonds. The van der Waals surface area contributed by atoms with E-state index in [2.05, 4.69) is 27.7 Å². The molecule has 0 saturated heterocycles. The molecule has 0 rings (SSSR count). The van der Waals surface area contributed by atoms with Gasteiger partial charge in [-0.2, -0.15) is 0 Å². The van der Waals surface area contributed by atoms with E-state index >= 15 is 0 Å². The zero-order chi connectivity index (χ0) is 11.7. The Morgan fingerprint density at radius 1 is 0.867 bits per heavy atom. The van der Waals surface area contributed by atoms with Gasteiger partial charge in [-0.3, -0.25) is 0 Å². The van der Waals surface area contributed by atoms with E-state index in [9.17, 15) is 5.11 Å². The molecule has 0 aliphatic heterocycles. The number of hydrogen-bond donors (Lipinski definition) is 1. The monoisotopic (exact) mass is 214 g/mol. The summed E-state index contributed by atoms with van der Waals surface area (Å²) in [4.78, 5) is 0. The second-order valence-corrected chi connectivity index (χ2v) is 5.42. The molecule has 0 aliphatic rings. The molecule has 0 unspecified atom stereocenters. The Morgan fingerprint density at radius 2 is 1.40 bits per heavy atom. The van der Waals surface area contributed by atoms with E-state index in [0.717, 1.165) is 24.7 Å². The molecule has 0 aromatic heterocycles. The maximum Gasteiger partial charge on any atom is 0.0537 e. The van der Waals surface area contributed by atoms with Crippen molar-refractivity contribution in [3.05, 3.63) is 0 Å². The first-order valence-electron chi connectivity index (χ1n) is 6.74. The molecule has 0 heterocycles. The van der Waals surface area contributed by atoms with E-state index < -0.39 is 0 Å². The van der Waals surface area contributed by atoms with Crippen LogP contribution in [0, 0.1) is 11.8 Å². The van der Waals surface area contributed by atoms with Gasteiger partial charge in [0.2, 0.25) is 0 Å². The highest BCUT2D eigenvalue weighted by molar-refractivity contribution is 4.58. The maximum atomic E-state index is 9.42. The fourth-order valence-corrected chi connectivity index (χ4v) is 1.92. The minimum atomic E-state index is -0.0622. The first-order valence-corrected chi connectivity index (χ1v) is 6.74. The third-order valence-corrected chi connectivity index (χ3v) is 3.18. The molecule has 0 aliphatic carbocycles. The molecule has 15 heavy (non-hydrogen) atoms. The van der Waals surface area contributed by atoms with Gasteiger partial charge in [-0.05, 0) is 24.7 Å². The molecular weight excluding hydrogens is 184 g/mol. The SMILES string of the molecule is CC[C@H](O)CCC[C@@H](C)CCCC(C)C. The van der Waals surface area contributed by atoms with Crippen molar-refractivity contribution in [1.29, 1.82) is 0 Å². The zero-order valence-corrected chi connectivity index (χ0v) is 11.1. The number of rotatable bonds is 9. The largest absolute Gasteiger partial charge is 0.393 e. The molecular formula is C14H30O. The summed E-state index contributed by atoms with van der Waals surface area (Å²) in [7, 11) is 0. The summed E-state index contributed by atoms with van der Waals surface area (Å²) in [6.07, 6.45) is 8.41. The summed E-state index contributed by atoms with van der Waals surface area (Å²) in [5.74, 6) is 1.69. The molecule has 0 saturated carbocycles. The molecule has 2 atom stereocenters. The van der Waals surface area contributed by atoms with E-state index in [1.54, 1.807) is 0 Å². The molecule has 92 valence electrons. The standard InChI is InChI=1S/C14H30O/c1-5-14(15)11-7-10-13(4)9-6-8-12(2)3/h12-15H,5-11H2,1-4H3/t13-,14-/m0/s1. The van der Waals surface area contributed by atoms with Crippen molar-refractivity contribution < 1.29 is 5.11 Å². The maximum absolute atomic E-state index is 9.42. The van der Waals surface area contributed by atoms with Crippen molar-refractivity contribution >= 4 is 0 Å². The van der Waals surface area contributed by atoms with Gasteiger partial charge < -0.3 is 5.11 Å². The fourth-order valence-electron chi connectivity index (χ4n) is 1.92. The van der Waals surface area contributed by atoms with Crippen LogP contribution in [0.2, 0.25) is 0 Å². The summed E-state index contributed by atoms with van der Waals surface area (Å²) in [6, 6.07) is 0. The minimum Gasteiger partial charge on any atom is -0.393 e. The van der Waals surface area contributed by atoms with E-state index in [-0.39, 0.29) is 6.10 Å². The third kappa shape index (κ3) is 10.2. The summed E-state index contributed by atoms with van der Waals surface area (Å²) in [6.45, 7) is 8.99. The summed E-state index contributed by atoms with van der Waals surface area (Å²) >= 11 is 0. The Balaban J connectivity index is 3.29. The number of aliphatic hydroxyl groups excluding tert-OH is 1. The lowest BCUT2D eigenvalue weighted by Crippen LogP contribution is -2.05. The van der Waals surface area contributed by atoms with Crippen molar-refractivity contribution in [2.45, 2.75) is 78.7 Å². The lowest BCUT2D eigenvalue weighted by Gasteiger charge is -2.13. The van der Waals surface area contributed by atoms with Crippen LogP contribution in [0.4, 0.5) is 0 Å². The molecule has 1 heteroatoms. The van der Waals surface area contributed by atoms with Gasteiger partial charge in [-0.25, -0.2) is 0 Å². The van der Waals surface area contributed by atoms with Gasteiger partial charge in [-0.1, -0.05) is 59.8 Å². The quantitative estimate of drug-likeness (QED) is 0.603. The van der Waals surface area contributed by atoms with Gasteiger partial charge in [0.25, 0.3) is 0 Å². The molecule has 1 N–H and O–H groups in total. The number of aliphatic hydroxyl groups is 1. The van der Waals surface area contributed by atoms with Gasteiger partial charge in [0.05, 0.1) is 6.10 Å². The molecule has 0 spiro atoms. The Bertz CT molecular complexity index is 131. The predicted molar refractivity (Wildman–Crippen MR) is 68.0 cm³/mol. The molecule has 0 aromatic carbocycles. The van der Waals surface area contributed by atoms with Crippen molar-refractivity contribution in [2.24, 2.45) is 11.8 Å². The van der Waals surface area contributed by atoms with Crippen LogP contribution >= 0.6 is 0 Å². The van der Waals surface area contributed by atoms with Gasteiger partial charge in [0.15, 0.2) is 0 Å². The Morgan fingerprint density at radius 3 is 1.87 bits per heavy atom. The van der Waals surface area contributed by atoms with Crippen LogP contribution in [0.15, 0.2) is 0 Å². The lowest BCUT2D eigenvalue weighted by atomic mass is 9.94. The second kappa shape index (κ2) is 9.21. The van der Waals surface area contributed by atoms with Crippen LogP contribution in [0.3, 0.4) is 0 Å². The highest BCUT2D eigenvalue weighted by Gasteiger charge is 2.05. The highest BCUT2D eigenvalue weighted by Crippen LogP contribution is 2.18. The molecule has 0 bridgehead atoms. The topological polar surface area (TPSA) is 20.2 Å². The minimum absolute atomic E-state index is 0.0622. The summed E-state index contributed by atoms with van der Waals surface area (Å²) in [5, 5.41) is 9.42. The Hall–Kier alpha value is -0.0400. The average Bonchev–Trinajstić information content (AvgIpc) is 2.17. The van der Waals surface area contributed by atoms with Crippen molar-refractivity contribution in [3.8, 4) is 0 Å². The van der Waals surface area contributed by atoms with Crippen LogP contribution in [0.5, 0.6) is 0 Å². The third-order valence-electron chi connectivity index (χ3n) is 3.18. The first-order chi connectivity index (χ1) is 7.06. The Labute approximate surface area is 96.3 Å². The van der Waals surface area contributed by atoms with Crippen LogP contribution in [0.1, 0.15) is 72.6 Å². The van der Waals surface area contributed by atoms with E-state index in [1.807, 2.05) is 0 Å². The highest BCUT2D eigenvalue weighted by atomic mass is 16.3. The van der Waals surface area contributed by atoms with Crippen molar-refractivity contribution in [3.63, 3.8) is 0 Å². The molecule has 1 nitrogen and oxygen atoms in total. The molecule has 0 radical (unpaired) electrons. The second-order valence-electron chi connectivity index (χ2n) is 5.42. The van der Waals surface area contributed by atoms with Crippen molar-refractivity contribution in [1.82, 2.24) is 0 Å². The predicted octanol–water partition coefficient (Wildman–Crippen LogP) is 4.39. The molecule has 0 aromatic rings. The smallest absolute Gasteiger partial charge is 0.0537 e. The van der Waals surface area contributed by atoms with Crippen LogP contribution in [-0.2, 0) is 0 Å². The Kier molecular flexibility index (Phi) is 9.18. The van der Waals surface area contributed by atoms with Crippen LogP contribution < -0.4 is 0 Å². The molecule has 0 fully saturated rings. The normalized spacial score (nSPS) is 15.6. The van der Waals surface area contributed by atoms with Crippen LogP contribution in [0.25, 0.3) is 0 Å². The van der Waals surface area contributed by atoms with Gasteiger partial charge in [0.1, 0.15) is 0 Å². The van der Waals surface area contributed by atoms with Crippen molar-refractivity contribution in [2.75, 3.05) is 0 Å². The van der Waals surface area contributed by atoms with E-state index in [4.69, 9.17) is 0 Å². The van der Waals surface area contributed by atoms with Crippen LogP contribution in [-0.4, -0.2) is 11.2 Å². The fraction of sp³-hybridized carbons (Fsp3) is 1.00. The zero-order valence-electron chi connectivity index (χ0n) is 11.1. The van der Waals surface area contributed by atoms with Gasteiger partial charge in [-0.15, -0.1) is 0 Å². The number of hydrogen-bond acceptors (Lipinski definition) is 1. The van der Waals surface area contributed by atoms with E-state index in [0.29, 0.717) is 0 Å². The summed E-state index contributed by atoms with van der Waals surface area (Å²) < 4.78 is 0. The van der Waals surface area contributed by atoms with Gasteiger partial charge in [0, 0.05) is 0 Å².